The van der Waals surface area contributed by atoms with Crippen LogP contribution in [0.4, 0.5) is 4.79 Å². The van der Waals surface area contributed by atoms with Crippen molar-refractivity contribution in [1.82, 2.24) is 65.5 Å². The third-order valence-electron chi connectivity index (χ3n) is 19.5. The molecule has 12 amide bonds. The standard InChI is InChI=1S/C70H125N13O15/c1-26-49-64(90)76(19)48(15)63(89)81(24)57(70(16,17)39-75(18)69(95)96-25)61(87)74-53(43(8)9)67(93)77(20)50(36-40(2)3)59(85)71-46(13)58(84)72-47(14)62(88)78(21)51(37-41(4)5)65(91)79(22)52(38-42(6)7)66(92)80(23)54(44(10)11)68(94)83-55(60(86)73-49)56(98-83)45(12)30-28-27-29-31-82-32-34-97-35-33-82/h40-57H,26-39H2,1-25H3,(H,71,85)(H,72,84)(H,73,86)(H,74,87)/t45-,46+,47-,48-,49+,50+,51+,52+,53+,54+,55+,56-,57-/m1/s1. The summed E-state index contributed by atoms with van der Waals surface area (Å²) >= 11 is 0. The number of fused-ring (bicyclic) bond motifs is 1. The molecule has 4 N–H and O–H groups in total. The Balaban J connectivity index is 2.33. The summed E-state index contributed by atoms with van der Waals surface area (Å²) in [4.78, 5) is 194. The van der Waals surface area contributed by atoms with E-state index in [1.807, 2.05) is 48.5 Å². The fourth-order valence-corrected chi connectivity index (χ4v) is 13.5. The quantitative estimate of drug-likeness (QED) is 0.134. The Morgan fingerprint density at radius 1 is 0.561 bits per heavy atom. The number of carbonyl (C=O) groups is 12. The van der Waals surface area contributed by atoms with Crippen LogP contribution >= 0.6 is 0 Å². The fraction of sp³-hybridized carbons (Fsp3) is 0.829. The van der Waals surface area contributed by atoms with E-state index in [0.717, 1.165) is 53.8 Å². The molecule has 0 saturated carbocycles. The molecular formula is C70H125N13O15. The zero-order chi connectivity index (χ0) is 74.9. The molecule has 3 fully saturated rings. The Morgan fingerprint density at radius 3 is 1.58 bits per heavy atom. The number of hydrogen-bond donors (Lipinski definition) is 4. The predicted molar refractivity (Wildman–Crippen MR) is 372 cm³/mol. The topological polar surface area (TPSA) is 310 Å². The highest BCUT2D eigenvalue weighted by Gasteiger charge is 2.55. The minimum atomic E-state index is -1.46. The molecule has 0 unspecified atom stereocenters. The molecule has 98 heavy (non-hydrogen) atoms. The first-order chi connectivity index (χ1) is 45.5. The van der Waals surface area contributed by atoms with Gasteiger partial charge >= 0.3 is 6.09 Å². The smallest absolute Gasteiger partial charge is 0.409 e. The summed E-state index contributed by atoms with van der Waals surface area (Å²) in [6, 6.07) is -13.9. The molecule has 0 aromatic rings. The highest BCUT2D eigenvalue weighted by molar-refractivity contribution is 6.00. The average molecular weight is 1390 g/mol. The van der Waals surface area contributed by atoms with E-state index >= 15 is 28.8 Å². The van der Waals surface area contributed by atoms with E-state index in [1.54, 1.807) is 48.5 Å². The number of methoxy groups -OCH3 is 1. The first kappa shape index (κ1) is 85.5. The monoisotopic (exact) mass is 1390 g/mol. The van der Waals surface area contributed by atoms with Crippen LogP contribution in [-0.2, 0) is 67.1 Å². The molecule has 3 rings (SSSR count). The predicted octanol–water partition coefficient (Wildman–Crippen LogP) is 3.59. The van der Waals surface area contributed by atoms with Crippen LogP contribution in [0.25, 0.3) is 0 Å². The maximum absolute atomic E-state index is 15.4. The van der Waals surface area contributed by atoms with Gasteiger partial charge in [-0.25, -0.2) is 9.86 Å². The summed E-state index contributed by atoms with van der Waals surface area (Å²) in [7, 11) is 11.2. The van der Waals surface area contributed by atoms with Gasteiger partial charge in [0.25, 0.3) is 5.91 Å². The lowest BCUT2D eigenvalue weighted by molar-refractivity contribution is -0.322. The van der Waals surface area contributed by atoms with Gasteiger partial charge in [-0.15, -0.1) is 0 Å². The SMILES string of the molecule is CC[C@@H]1NC(=O)[C@@H]2[C@@H]([C@H](C)CCCCCN3CCOCC3)ON2C(=O)[C@H](C(C)C)N(C)C(=O)[C@H](CC(C)C)N(C)C(=O)[C@H](CC(C)C)N(C)C(=O)[C@@H](C)NC(=O)[C@H](C)NC(=O)[C@H](CC(C)C)N(C)C(=O)[C@H](C(C)C)NC(=O)[C@H](C(C)(C)CN(C)C(=O)OC)N(C)C(=O)[C@@H](C)N(C)C1=O. The number of hydrogen-bond acceptors (Lipinski definition) is 16. The normalized spacial score (nSPS) is 27.6. The highest BCUT2D eigenvalue weighted by atomic mass is 16.7. The van der Waals surface area contributed by atoms with Gasteiger partial charge in [-0.3, -0.25) is 62.5 Å². The van der Waals surface area contributed by atoms with Crippen LogP contribution in [0, 0.1) is 40.9 Å². The lowest BCUT2D eigenvalue weighted by Gasteiger charge is -2.50. The minimum absolute atomic E-state index is 0.0254. The summed E-state index contributed by atoms with van der Waals surface area (Å²) in [5.41, 5.74) is -1.32. The number of unbranched alkanes of at least 4 members (excludes halogenated alkanes) is 2. The van der Waals surface area contributed by atoms with E-state index in [2.05, 4.69) is 26.2 Å². The Hall–Kier alpha value is -6.68. The number of ether oxygens (including phenoxy) is 2. The molecule has 3 aliphatic heterocycles. The number of carbonyl (C=O) groups excluding carboxylic acids is 12. The van der Waals surface area contributed by atoms with Gasteiger partial charge in [-0.05, 0) is 101 Å². The molecular weight excluding hydrogens is 1260 g/mol. The van der Waals surface area contributed by atoms with Crippen molar-refractivity contribution in [2.75, 3.05) is 95.8 Å². The third kappa shape index (κ3) is 22.4. The van der Waals surface area contributed by atoms with E-state index in [9.17, 15) is 28.8 Å². The number of amides is 12. The van der Waals surface area contributed by atoms with E-state index in [0.29, 0.717) is 19.6 Å². The summed E-state index contributed by atoms with van der Waals surface area (Å²) in [6.45, 7) is 33.2. The van der Waals surface area contributed by atoms with Gasteiger partial charge in [0.05, 0.1) is 20.3 Å². The molecule has 0 aromatic carbocycles. The van der Waals surface area contributed by atoms with Crippen molar-refractivity contribution in [3.63, 3.8) is 0 Å². The second-order valence-corrected chi connectivity index (χ2v) is 30.3. The number of nitrogens with one attached hydrogen (secondary N) is 4. The van der Waals surface area contributed by atoms with E-state index in [-0.39, 0.29) is 55.9 Å². The Kier molecular flexibility index (Phi) is 33.4. The first-order valence-corrected chi connectivity index (χ1v) is 35.4. The van der Waals surface area contributed by atoms with Crippen molar-refractivity contribution < 1.29 is 71.8 Å². The number of rotatable bonds is 19. The van der Waals surface area contributed by atoms with Gasteiger partial charge < -0.3 is 65.0 Å². The summed E-state index contributed by atoms with van der Waals surface area (Å²) in [6.07, 6.45) is 2.08. The molecule has 0 aliphatic carbocycles. The number of hydroxylamine groups is 2. The molecule has 0 spiro atoms. The van der Waals surface area contributed by atoms with Gasteiger partial charge in [0.2, 0.25) is 59.1 Å². The minimum Gasteiger partial charge on any atom is -0.453 e. The van der Waals surface area contributed by atoms with Gasteiger partial charge in [0.1, 0.15) is 66.5 Å². The number of morpholine rings is 1. The van der Waals surface area contributed by atoms with Crippen LogP contribution in [-0.4, -0.2) is 284 Å². The molecule has 3 saturated heterocycles. The van der Waals surface area contributed by atoms with E-state index in [1.165, 1.54) is 102 Å². The van der Waals surface area contributed by atoms with Crippen LogP contribution in [0.15, 0.2) is 0 Å². The Morgan fingerprint density at radius 2 is 1.07 bits per heavy atom. The maximum atomic E-state index is 15.4. The van der Waals surface area contributed by atoms with Crippen LogP contribution in [0.2, 0.25) is 0 Å². The molecule has 28 heteroatoms. The van der Waals surface area contributed by atoms with Gasteiger partial charge in [0.15, 0.2) is 6.04 Å². The van der Waals surface area contributed by atoms with E-state index < -0.39 is 161 Å². The van der Waals surface area contributed by atoms with Crippen molar-refractivity contribution in [2.24, 2.45) is 40.9 Å². The molecule has 0 radical (unpaired) electrons. The largest absolute Gasteiger partial charge is 0.453 e. The molecule has 3 heterocycles. The molecule has 560 valence electrons. The maximum Gasteiger partial charge on any atom is 0.409 e. The van der Waals surface area contributed by atoms with Crippen LogP contribution in [0.1, 0.15) is 169 Å². The van der Waals surface area contributed by atoms with Crippen LogP contribution < -0.4 is 21.3 Å². The first-order valence-electron chi connectivity index (χ1n) is 35.4. The lowest BCUT2D eigenvalue weighted by atomic mass is 9.81. The van der Waals surface area contributed by atoms with Gasteiger partial charge in [0, 0.05) is 74.4 Å². The Bertz CT molecular complexity index is 2740. The van der Waals surface area contributed by atoms with Crippen LogP contribution in [0.3, 0.4) is 0 Å². The molecule has 13 atom stereocenters. The molecule has 3 aliphatic rings. The summed E-state index contributed by atoms with van der Waals surface area (Å²) in [5.74, 6) is -9.64. The highest BCUT2D eigenvalue weighted by Crippen LogP contribution is 2.35. The summed E-state index contributed by atoms with van der Waals surface area (Å²) < 4.78 is 10.5. The van der Waals surface area contributed by atoms with E-state index in [4.69, 9.17) is 14.3 Å². The van der Waals surface area contributed by atoms with Crippen molar-refractivity contribution in [3.05, 3.63) is 0 Å². The van der Waals surface area contributed by atoms with Crippen LogP contribution in [0.5, 0.6) is 0 Å². The van der Waals surface area contributed by atoms with Crippen molar-refractivity contribution >= 4 is 71.1 Å². The van der Waals surface area contributed by atoms with Crippen molar-refractivity contribution in [3.8, 4) is 0 Å². The van der Waals surface area contributed by atoms with Crippen molar-refractivity contribution in [2.45, 2.75) is 242 Å². The average Bonchev–Trinajstić information content (AvgIpc) is 0.767. The molecule has 0 bridgehead atoms. The zero-order valence-electron chi connectivity index (χ0n) is 63.9. The molecule has 28 nitrogen and oxygen atoms in total. The number of nitrogens with zero attached hydrogens (tertiary/aromatic N) is 9. The van der Waals surface area contributed by atoms with Gasteiger partial charge in [-0.2, -0.15) is 0 Å². The molecule has 0 aromatic heterocycles. The number of likely N-dealkylation sites (N-methyl/N-ethyl adjacent to an activating group) is 6. The van der Waals surface area contributed by atoms with Gasteiger partial charge in [-0.1, -0.05) is 110 Å². The van der Waals surface area contributed by atoms with Crippen molar-refractivity contribution in [1.29, 1.82) is 0 Å². The second-order valence-electron chi connectivity index (χ2n) is 30.3. The zero-order valence-corrected chi connectivity index (χ0v) is 63.9. The Labute approximate surface area is 584 Å². The second kappa shape index (κ2) is 38.2. The fourth-order valence-electron chi connectivity index (χ4n) is 13.5. The lowest BCUT2D eigenvalue weighted by Crippen LogP contribution is -2.72. The third-order valence-corrected chi connectivity index (χ3v) is 19.5. The summed E-state index contributed by atoms with van der Waals surface area (Å²) in [5, 5.41) is 12.2.